The monoisotopic (exact) mass is 420 g/mol. The first-order valence-electron chi connectivity index (χ1n) is 9.29. The fraction of sp³-hybridized carbons (Fsp3) is 0.136. The number of hydrogen-bond donors (Lipinski definition) is 0. The van der Waals surface area contributed by atoms with Gasteiger partial charge in [-0.3, -0.25) is 0 Å². The zero-order valence-electron chi connectivity index (χ0n) is 16.3. The Kier molecular flexibility index (Phi) is 5.69. The zero-order valence-corrected chi connectivity index (χ0v) is 17.2. The normalized spacial score (nSPS) is 11.5. The molecule has 7 nitrogen and oxygen atoms in total. The van der Waals surface area contributed by atoms with E-state index < -0.39 is 9.84 Å². The van der Waals surface area contributed by atoms with E-state index in [0.717, 1.165) is 17.5 Å². The number of ether oxygens (including phenoxy) is 1. The topological polar surface area (TPSA) is 87.0 Å². The summed E-state index contributed by atoms with van der Waals surface area (Å²) >= 11 is 0. The van der Waals surface area contributed by atoms with Gasteiger partial charge in [0.15, 0.2) is 0 Å². The van der Waals surface area contributed by atoms with Gasteiger partial charge in [0.05, 0.1) is 12.3 Å². The summed E-state index contributed by atoms with van der Waals surface area (Å²) in [5, 5.41) is -0.226. The summed E-state index contributed by atoms with van der Waals surface area (Å²) < 4.78 is 31.4. The Morgan fingerprint density at radius 1 is 0.867 bits per heavy atom. The van der Waals surface area contributed by atoms with Crippen LogP contribution in [0.3, 0.4) is 0 Å². The van der Waals surface area contributed by atoms with E-state index in [1.54, 1.807) is 6.07 Å². The van der Waals surface area contributed by atoms with Crippen LogP contribution in [0.25, 0.3) is 17.1 Å². The Bertz CT molecular complexity index is 1240. The minimum absolute atomic E-state index is 0.226. The molecule has 0 fully saturated rings. The number of benzene rings is 2. The van der Waals surface area contributed by atoms with E-state index in [9.17, 15) is 8.42 Å². The van der Waals surface area contributed by atoms with E-state index in [1.165, 1.54) is 6.20 Å². The maximum absolute atomic E-state index is 11.8. The van der Waals surface area contributed by atoms with Crippen molar-refractivity contribution < 1.29 is 13.2 Å². The number of nitrogens with zero attached hydrogens (tertiary/aromatic N) is 4. The summed E-state index contributed by atoms with van der Waals surface area (Å²) in [5.41, 5.74) is 2.98. The predicted molar refractivity (Wildman–Crippen MR) is 113 cm³/mol. The lowest BCUT2D eigenvalue weighted by molar-refractivity contribution is 0.101. The summed E-state index contributed by atoms with van der Waals surface area (Å²) in [6.07, 6.45) is 4.33. The van der Waals surface area contributed by atoms with Crippen LogP contribution in [0.5, 0.6) is 0 Å². The second-order valence-corrected chi connectivity index (χ2v) is 8.63. The highest BCUT2D eigenvalue weighted by Gasteiger charge is 2.16. The molecule has 4 aromatic rings. The van der Waals surface area contributed by atoms with Crippen LogP contribution in [0, 0.1) is 0 Å². The molecule has 0 unspecified atom stereocenters. The van der Waals surface area contributed by atoms with Crippen molar-refractivity contribution in [2.75, 3.05) is 6.26 Å². The molecule has 0 saturated carbocycles. The first kappa shape index (κ1) is 19.9. The summed E-state index contributed by atoms with van der Waals surface area (Å²) in [6, 6.07) is 21.3. The number of imidazole rings is 1. The molecule has 0 N–H and O–H groups in total. The molecule has 2 heterocycles. The second kappa shape index (κ2) is 8.56. The number of sulfone groups is 1. The van der Waals surface area contributed by atoms with Crippen molar-refractivity contribution in [1.82, 2.24) is 19.5 Å². The molecule has 0 aliphatic carbocycles. The van der Waals surface area contributed by atoms with Gasteiger partial charge < -0.3 is 9.30 Å². The maximum Gasteiger partial charge on any atom is 0.247 e. The Morgan fingerprint density at radius 2 is 1.57 bits per heavy atom. The molecule has 0 aliphatic heterocycles. The van der Waals surface area contributed by atoms with E-state index in [4.69, 9.17) is 4.74 Å². The van der Waals surface area contributed by atoms with Gasteiger partial charge in [-0.05, 0) is 23.8 Å². The molecular formula is C22H20N4O3S. The first-order chi connectivity index (χ1) is 14.5. The third-order valence-electron chi connectivity index (χ3n) is 4.38. The quantitative estimate of drug-likeness (QED) is 0.426. The van der Waals surface area contributed by atoms with E-state index >= 15 is 0 Å². The van der Waals surface area contributed by atoms with Crippen molar-refractivity contribution in [1.29, 1.82) is 0 Å². The van der Waals surface area contributed by atoms with Crippen LogP contribution in [0.2, 0.25) is 0 Å². The highest BCUT2D eigenvalue weighted by Crippen LogP contribution is 2.21. The second-order valence-electron chi connectivity index (χ2n) is 6.72. The molecule has 0 spiro atoms. The van der Waals surface area contributed by atoms with Crippen LogP contribution in [0.15, 0.2) is 84.3 Å². The minimum Gasteiger partial charge on any atom is -0.369 e. The fourth-order valence-electron chi connectivity index (χ4n) is 2.95. The number of aromatic nitrogens is 4. The standard InChI is InChI=1S/C22H20N4O3S/c1-30(27,28)22-23-13-12-19(25-22)20-14-26(18-10-6-3-7-11-18)21(24-20)16-29-15-17-8-4-2-5-9-17/h2-14H,15-16H2,1H3. The van der Waals surface area contributed by atoms with Gasteiger partial charge in [-0.1, -0.05) is 48.5 Å². The summed E-state index contributed by atoms with van der Waals surface area (Å²) in [6.45, 7) is 0.747. The molecule has 0 bridgehead atoms. The highest BCUT2D eigenvalue weighted by atomic mass is 32.2. The summed E-state index contributed by atoms with van der Waals surface area (Å²) in [4.78, 5) is 12.7. The molecule has 152 valence electrons. The van der Waals surface area contributed by atoms with Crippen LogP contribution in [-0.2, 0) is 27.8 Å². The number of para-hydroxylation sites is 1. The fourth-order valence-corrected chi connectivity index (χ4v) is 3.47. The van der Waals surface area contributed by atoms with Crippen LogP contribution < -0.4 is 0 Å². The average molecular weight is 420 g/mol. The van der Waals surface area contributed by atoms with Gasteiger partial charge in [-0.25, -0.2) is 23.4 Å². The van der Waals surface area contributed by atoms with Gasteiger partial charge >= 0.3 is 0 Å². The molecule has 0 saturated heterocycles. The molecule has 2 aromatic heterocycles. The lowest BCUT2D eigenvalue weighted by Gasteiger charge is -2.08. The summed E-state index contributed by atoms with van der Waals surface area (Å²) in [7, 11) is -3.52. The molecule has 30 heavy (non-hydrogen) atoms. The minimum atomic E-state index is -3.52. The van der Waals surface area contributed by atoms with E-state index in [1.807, 2.05) is 71.4 Å². The van der Waals surface area contributed by atoms with Crippen LogP contribution in [-0.4, -0.2) is 34.2 Å². The van der Waals surface area contributed by atoms with Crippen LogP contribution in [0.4, 0.5) is 0 Å². The van der Waals surface area contributed by atoms with Gasteiger partial charge in [-0.15, -0.1) is 0 Å². The zero-order chi connectivity index (χ0) is 21.0. The molecular weight excluding hydrogens is 400 g/mol. The Morgan fingerprint density at radius 3 is 2.27 bits per heavy atom. The van der Waals surface area contributed by atoms with Crippen molar-refractivity contribution in [2.24, 2.45) is 0 Å². The summed E-state index contributed by atoms with van der Waals surface area (Å²) in [5.74, 6) is 0.687. The lowest BCUT2D eigenvalue weighted by Crippen LogP contribution is -2.04. The predicted octanol–water partition coefficient (Wildman–Crippen LogP) is 3.45. The molecule has 0 atom stereocenters. The van der Waals surface area contributed by atoms with E-state index in [2.05, 4.69) is 15.0 Å². The lowest BCUT2D eigenvalue weighted by atomic mass is 10.2. The molecule has 0 radical (unpaired) electrons. The van der Waals surface area contributed by atoms with Crippen molar-refractivity contribution in [2.45, 2.75) is 18.4 Å². The van der Waals surface area contributed by atoms with Gasteiger partial charge in [0, 0.05) is 24.3 Å². The number of rotatable bonds is 7. The van der Waals surface area contributed by atoms with Gasteiger partial charge in [0.25, 0.3) is 0 Å². The Balaban J connectivity index is 1.66. The Hall–Kier alpha value is -3.36. The van der Waals surface area contributed by atoms with Crippen molar-refractivity contribution in [3.63, 3.8) is 0 Å². The van der Waals surface area contributed by atoms with Crippen LogP contribution >= 0.6 is 0 Å². The first-order valence-corrected chi connectivity index (χ1v) is 11.2. The van der Waals surface area contributed by atoms with E-state index in [-0.39, 0.29) is 11.8 Å². The largest absolute Gasteiger partial charge is 0.369 e. The SMILES string of the molecule is CS(=O)(=O)c1nccc(-c2cn(-c3ccccc3)c(COCc3ccccc3)n2)n1. The third-order valence-corrected chi connectivity index (χ3v) is 5.24. The molecule has 0 aliphatic rings. The van der Waals surface area contributed by atoms with Crippen molar-refractivity contribution in [3.8, 4) is 17.1 Å². The molecule has 8 heteroatoms. The third kappa shape index (κ3) is 4.61. The molecule has 2 aromatic carbocycles. The highest BCUT2D eigenvalue weighted by molar-refractivity contribution is 7.90. The van der Waals surface area contributed by atoms with E-state index in [0.29, 0.717) is 23.8 Å². The number of hydrogen-bond acceptors (Lipinski definition) is 6. The molecule has 0 amide bonds. The van der Waals surface area contributed by atoms with Crippen molar-refractivity contribution in [3.05, 3.63) is 90.5 Å². The average Bonchev–Trinajstić information content (AvgIpc) is 3.19. The molecule has 4 rings (SSSR count). The van der Waals surface area contributed by atoms with Gasteiger partial charge in [0.2, 0.25) is 15.0 Å². The van der Waals surface area contributed by atoms with Crippen molar-refractivity contribution >= 4 is 9.84 Å². The van der Waals surface area contributed by atoms with Crippen LogP contribution in [0.1, 0.15) is 11.4 Å². The maximum atomic E-state index is 11.8. The van der Waals surface area contributed by atoms with Gasteiger partial charge in [0.1, 0.15) is 18.1 Å². The Labute approximate surface area is 175 Å². The van der Waals surface area contributed by atoms with Gasteiger partial charge in [-0.2, -0.15) is 0 Å². The smallest absolute Gasteiger partial charge is 0.247 e.